The number of esters is 2. The van der Waals surface area contributed by atoms with Gasteiger partial charge in [0.2, 0.25) is 0 Å². The molecule has 0 saturated heterocycles. The fraction of sp³-hybridized carbons (Fsp3) is 0.333. The van der Waals surface area contributed by atoms with Crippen molar-refractivity contribution in [3.8, 4) is 11.5 Å². The molecule has 0 atom stereocenters. The second kappa shape index (κ2) is 10.1. The van der Waals surface area contributed by atoms with Gasteiger partial charge in [-0.15, -0.1) is 0 Å². The van der Waals surface area contributed by atoms with Crippen LogP contribution >= 0.6 is 0 Å². The van der Waals surface area contributed by atoms with Gasteiger partial charge in [0.25, 0.3) is 10.1 Å². The lowest BCUT2D eigenvalue weighted by atomic mass is 9.88. The maximum absolute atomic E-state index is 12.3. The van der Waals surface area contributed by atoms with Crippen LogP contribution in [0.25, 0.3) is 0 Å². The molecule has 170 valence electrons. The van der Waals surface area contributed by atoms with Crippen LogP contribution in [0.1, 0.15) is 43.4 Å². The van der Waals surface area contributed by atoms with Crippen LogP contribution in [0.3, 0.4) is 0 Å². The van der Waals surface area contributed by atoms with Gasteiger partial charge in [-0.1, -0.05) is 35.4 Å². The normalized spacial score (nSPS) is 13.2. The molecule has 0 aromatic heterocycles. The Morgan fingerprint density at radius 1 is 0.969 bits per heavy atom. The Bertz CT molecular complexity index is 1150. The van der Waals surface area contributed by atoms with Gasteiger partial charge in [-0.3, -0.25) is 13.8 Å². The first kappa shape index (κ1) is 23.7. The molecule has 3 rings (SSSR count). The van der Waals surface area contributed by atoms with Crippen LogP contribution in [-0.2, 0) is 36.7 Å². The maximum Gasteiger partial charge on any atom is 0.308 e. The van der Waals surface area contributed by atoms with Crippen molar-refractivity contribution in [3.63, 3.8) is 0 Å². The molecule has 1 aliphatic rings. The third kappa shape index (κ3) is 6.05. The zero-order valence-corrected chi connectivity index (χ0v) is 19.2. The fourth-order valence-electron chi connectivity index (χ4n) is 3.52. The standard InChI is InChI=1S/C24H26O7S/c1-16-6-10-21(11-7-16)32(27,28)29-14-4-5-19-8-12-22-20(15-19)9-13-23(30-17(2)25)24(22)31-18(3)26/h6-11,13H,4-5,12,14-15H2,1-3H3. The average molecular weight is 459 g/mol. The number of benzene rings is 2. The predicted octanol–water partition coefficient (Wildman–Crippen LogP) is 4.06. The Labute approximate surface area is 188 Å². The molecule has 1 aliphatic carbocycles. The number of hydrogen-bond donors (Lipinski definition) is 0. The highest BCUT2D eigenvalue weighted by Gasteiger charge is 2.22. The van der Waals surface area contributed by atoms with Crippen LogP contribution in [0.5, 0.6) is 11.5 Å². The molecule has 0 aliphatic heterocycles. The number of allylic oxidation sites excluding steroid dienone is 2. The van der Waals surface area contributed by atoms with Crippen LogP contribution in [-0.4, -0.2) is 27.0 Å². The SMILES string of the molecule is CC(=O)Oc1ccc2c(c1OC(C)=O)CC=C(CCCOS(=O)(=O)c1ccc(C)cc1)C2. The summed E-state index contributed by atoms with van der Waals surface area (Å²) >= 11 is 0. The number of carbonyl (C=O) groups excluding carboxylic acids is 2. The first-order chi connectivity index (χ1) is 15.2. The molecule has 2 aromatic rings. The van der Waals surface area contributed by atoms with Crippen LogP contribution in [0.15, 0.2) is 52.9 Å². The number of ether oxygens (including phenoxy) is 2. The molecule has 7 nitrogen and oxygen atoms in total. The predicted molar refractivity (Wildman–Crippen MR) is 118 cm³/mol. The summed E-state index contributed by atoms with van der Waals surface area (Å²) < 4.78 is 40.2. The summed E-state index contributed by atoms with van der Waals surface area (Å²) in [7, 11) is -3.77. The number of aryl methyl sites for hydroxylation is 1. The average Bonchev–Trinajstić information content (AvgIpc) is 2.72. The van der Waals surface area contributed by atoms with E-state index in [9.17, 15) is 18.0 Å². The molecule has 32 heavy (non-hydrogen) atoms. The molecule has 0 amide bonds. The van der Waals surface area contributed by atoms with Gasteiger partial charge >= 0.3 is 11.9 Å². The number of rotatable bonds is 8. The molecule has 0 unspecified atom stereocenters. The summed E-state index contributed by atoms with van der Waals surface area (Å²) in [5.74, 6) is -0.495. The van der Waals surface area contributed by atoms with Gasteiger partial charge in [-0.25, -0.2) is 0 Å². The second-order valence-electron chi connectivity index (χ2n) is 7.65. The molecule has 0 fully saturated rings. The highest BCUT2D eigenvalue weighted by Crippen LogP contribution is 2.38. The maximum atomic E-state index is 12.3. The molecule has 2 aromatic carbocycles. The van der Waals surface area contributed by atoms with Gasteiger partial charge in [0.15, 0.2) is 11.5 Å². The van der Waals surface area contributed by atoms with E-state index in [0.29, 0.717) is 25.7 Å². The molecule has 0 radical (unpaired) electrons. The molecular formula is C24H26O7S. The van der Waals surface area contributed by atoms with E-state index in [2.05, 4.69) is 0 Å². The van der Waals surface area contributed by atoms with Gasteiger partial charge in [-0.05, 0) is 56.4 Å². The summed E-state index contributed by atoms with van der Waals surface area (Å²) in [6.45, 7) is 4.56. The highest BCUT2D eigenvalue weighted by atomic mass is 32.2. The molecule has 8 heteroatoms. The molecule has 0 saturated carbocycles. The van der Waals surface area contributed by atoms with Gasteiger partial charge in [0.05, 0.1) is 11.5 Å². The first-order valence-electron chi connectivity index (χ1n) is 10.3. The Kier molecular flexibility index (Phi) is 7.48. The monoisotopic (exact) mass is 458 g/mol. The third-order valence-electron chi connectivity index (χ3n) is 5.02. The molecule has 0 spiro atoms. The summed E-state index contributed by atoms with van der Waals surface area (Å²) in [4.78, 5) is 23.0. The van der Waals surface area contributed by atoms with E-state index < -0.39 is 22.1 Å². The van der Waals surface area contributed by atoms with Crippen molar-refractivity contribution in [2.24, 2.45) is 0 Å². The number of hydrogen-bond acceptors (Lipinski definition) is 7. The van der Waals surface area contributed by atoms with Crippen molar-refractivity contribution in [2.45, 2.75) is 51.3 Å². The minimum atomic E-state index is -3.77. The van der Waals surface area contributed by atoms with E-state index in [-0.39, 0.29) is 23.0 Å². The molecule has 0 bridgehead atoms. The van der Waals surface area contributed by atoms with Crippen LogP contribution in [0, 0.1) is 6.92 Å². The third-order valence-corrected chi connectivity index (χ3v) is 6.35. The van der Waals surface area contributed by atoms with E-state index in [1.807, 2.05) is 19.1 Å². The van der Waals surface area contributed by atoms with Gasteiger partial charge in [-0.2, -0.15) is 8.42 Å². The minimum absolute atomic E-state index is 0.0878. The lowest BCUT2D eigenvalue weighted by Gasteiger charge is -2.21. The van der Waals surface area contributed by atoms with Crippen molar-refractivity contribution < 1.29 is 31.7 Å². The lowest BCUT2D eigenvalue weighted by Crippen LogP contribution is -2.13. The van der Waals surface area contributed by atoms with E-state index in [1.165, 1.54) is 26.0 Å². The van der Waals surface area contributed by atoms with E-state index in [4.69, 9.17) is 13.7 Å². The smallest absolute Gasteiger partial charge is 0.308 e. The summed E-state index contributed by atoms with van der Waals surface area (Å²) in [6.07, 6.45) is 4.41. The molecular weight excluding hydrogens is 432 g/mol. The van der Waals surface area contributed by atoms with Crippen LogP contribution in [0.4, 0.5) is 0 Å². The van der Waals surface area contributed by atoms with Crippen molar-refractivity contribution in [3.05, 3.63) is 64.7 Å². The van der Waals surface area contributed by atoms with Crippen molar-refractivity contribution in [1.29, 1.82) is 0 Å². The second-order valence-corrected chi connectivity index (χ2v) is 9.27. The van der Waals surface area contributed by atoms with Crippen LogP contribution in [0.2, 0.25) is 0 Å². The Balaban J connectivity index is 1.61. The molecule has 0 heterocycles. The highest BCUT2D eigenvalue weighted by molar-refractivity contribution is 7.86. The van der Waals surface area contributed by atoms with Crippen molar-refractivity contribution in [2.75, 3.05) is 6.61 Å². The van der Waals surface area contributed by atoms with Gasteiger partial charge < -0.3 is 9.47 Å². The minimum Gasteiger partial charge on any atom is -0.423 e. The topological polar surface area (TPSA) is 96.0 Å². The quantitative estimate of drug-likeness (QED) is 0.194. The summed E-state index contributed by atoms with van der Waals surface area (Å²) in [5.41, 5.74) is 3.90. The Morgan fingerprint density at radius 2 is 1.66 bits per heavy atom. The number of carbonyl (C=O) groups is 2. The van der Waals surface area contributed by atoms with Crippen LogP contribution < -0.4 is 9.47 Å². The van der Waals surface area contributed by atoms with E-state index in [1.54, 1.807) is 18.2 Å². The summed E-state index contributed by atoms with van der Waals surface area (Å²) in [6, 6.07) is 10.0. The Hall–Kier alpha value is -2.97. The number of fused-ring (bicyclic) bond motifs is 1. The molecule has 0 N–H and O–H groups in total. The van der Waals surface area contributed by atoms with Crippen molar-refractivity contribution in [1.82, 2.24) is 0 Å². The fourth-order valence-corrected chi connectivity index (χ4v) is 4.46. The zero-order valence-electron chi connectivity index (χ0n) is 18.3. The van der Waals surface area contributed by atoms with Gasteiger partial charge in [0, 0.05) is 19.4 Å². The van der Waals surface area contributed by atoms with E-state index in [0.717, 1.165) is 22.3 Å². The van der Waals surface area contributed by atoms with E-state index >= 15 is 0 Å². The largest absolute Gasteiger partial charge is 0.423 e. The lowest BCUT2D eigenvalue weighted by molar-refractivity contribution is -0.134. The summed E-state index contributed by atoms with van der Waals surface area (Å²) in [5, 5.41) is 0. The first-order valence-corrected chi connectivity index (χ1v) is 11.7. The van der Waals surface area contributed by atoms with Gasteiger partial charge in [0.1, 0.15) is 0 Å². The zero-order chi connectivity index (χ0) is 23.3. The Morgan fingerprint density at radius 3 is 2.31 bits per heavy atom. The van der Waals surface area contributed by atoms with Crippen molar-refractivity contribution >= 4 is 22.1 Å².